The van der Waals surface area contributed by atoms with Crippen molar-refractivity contribution in [2.75, 3.05) is 0 Å². The molecule has 0 aromatic heterocycles. The second kappa shape index (κ2) is 2.41. The summed E-state index contributed by atoms with van der Waals surface area (Å²) < 4.78 is 5.66. The Hall–Kier alpha value is -0.370. The minimum Gasteiger partial charge on any atom is -0.357 e. The maximum absolute atomic E-state index is 11.0. The Morgan fingerprint density at radius 3 is 2.86 bits per heavy atom. The molecule has 2 heteroatoms. The molecule has 14 heavy (non-hydrogen) atoms. The van der Waals surface area contributed by atoms with E-state index in [0.717, 1.165) is 24.5 Å². The summed E-state index contributed by atoms with van der Waals surface area (Å²) in [6.45, 7) is 4.67. The van der Waals surface area contributed by atoms with E-state index in [9.17, 15) is 4.79 Å². The van der Waals surface area contributed by atoms with Gasteiger partial charge in [-0.1, -0.05) is 26.7 Å². The normalized spacial score (nSPS) is 60.3. The van der Waals surface area contributed by atoms with Gasteiger partial charge in [-0.3, -0.25) is 0 Å². The molecule has 5 atom stereocenters. The van der Waals surface area contributed by atoms with Gasteiger partial charge in [-0.15, -0.1) is 0 Å². The fraction of sp³-hybridized carbons (Fsp3) is 0.917. The fourth-order valence-electron chi connectivity index (χ4n) is 4.01. The molecule has 3 fully saturated rings. The van der Waals surface area contributed by atoms with Gasteiger partial charge < -0.3 is 9.53 Å². The van der Waals surface area contributed by atoms with Crippen molar-refractivity contribution in [1.29, 1.82) is 0 Å². The highest BCUT2D eigenvalue weighted by Gasteiger charge is 2.74. The van der Waals surface area contributed by atoms with E-state index in [1.54, 1.807) is 0 Å². The molecule has 2 saturated carbocycles. The van der Waals surface area contributed by atoms with Crippen molar-refractivity contribution in [3.63, 3.8) is 0 Å². The van der Waals surface area contributed by atoms with Crippen LogP contribution >= 0.6 is 0 Å². The van der Waals surface area contributed by atoms with Crippen molar-refractivity contribution in [3.05, 3.63) is 0 Å². The Morgan fingerprint density at radius 1 is 1.43 bits per heavy atom. The van der Waals surface area contributed by atoms with Gasteiger partial charge in [-0.05, 0) is 24.7 Å². The zero-order chi connectivity index (χ0) is 9.97. The fourth-order valence-corrected chi connectivity index (χ4v) is 4.01. The van der Waals surface area contributed by atoms with E-state index in [0.29, 0.717) is 5.41 Å². The molecule has 1 aliphatic heterocycles. The number of aldehydes is 1. The summed E-state index contributed by atoms with van der Waals surface area (Å²) in [5, 5.41) is 0. The van der Waals surface area contributed by atoms with Crippen molar-refractivity contribution in [2.24, 2.45) is 17.3 Å². The zero-order valence-electron chi connectivity index (χ0n) is 8.95. The molecule has 5 unspecified atom stereocenters. The molecule has 0 radical (unpaired) electrons. The summed E-state index contributed by atoms with van der Waals surface area (Å²) in [5.74, 6) is 1.45. The van der Waals surface area contributed by atoms with Gasteiger partial charge in [0.25, 0.3) is 0 Å². The smallest absolute Gasteiger partial charge is 0.154 e. The standard InChI is InChI=1S/C12H18O2/c1-8-4-3-5-9-6-12(7-13)10(14-12)11(8,9)2/h7-10H,3-6H2,1-2H3. The maximum Gasteiger partial charge on any atom is 0.154 e. The Bertz CT molecular complexity index is 288. The molecule has 0 aromatic carbocycles. The molecule has 3 aliphatic rings. The van der Waals surface area contributed by atoms with E-state index in [-0.39, 0.29) is 11.7 Å². The van der Waals surface area contributed by atoms with E-state index in [1.165, 1.54) is 19.3 Å². The van der Waals surface area contributed by atoms with Gasteiger partial charge in [0.2, 0.25) is 0 Å². The van der Waals surface area contributed by atoms with Crippen LogP contribution < -0.4 is 0 Å². The number of ether oxygens (including phenoxy) is 1. The van der Waals surface area contributed by atoms with Gasteiger partial charge >= 0.3 is 0 Å². The molecule has 78 valence electrons. The van der Waals surface area contributed by atoms with Crippen LogP contribution in [0.15, 0.2) is 0 Å². The molecule has 0 bridgehead atoms. The third-order valence-corrected chi connectivity index (χ3v) is 5.18. The molecular weight excluding hydrogens is 176 g/mol. The lowest BCUT2D eigenvalue weighted by molar-refractivity contribution is -0.113. The molecule has 2 nitrogen and oxygen atoms in total. The summed E-state index contributed by atoms with van der Waals surface area (Å²) in [5.41, 5.74) is -0.0584. The first kappa shape index (κ1) is 8.90. The van der Waals surface area contributed by atoms with Crippen LogP contribution in [0, 0.1) is 17.3 Å². The number of carbonyl (C=O) groups excluding carboxylic acids is 1. The number of fused-ring (bicyclic) bond motifs is 3. The number of epoxide rings is 1. The van der Waals surface area contributed by atoms with Crippen LogP contribution in [0.25, 0.3) is 0 Å². The average Bonchev–Trinajstić information content (AvgIpc) is 2.84. The minimum atomic E-state index is -0.349. The largest absolute Gasteiger partial charge is 0.357 e. The number of carbonyl (C=O) groups is 1. The highest BCUT2D eigenvalue weighted by Crippen LogP contribution is 2.67. The Kier molecular flexibility index (Phi) is 1.53. The van der Waals surface area contributed by atoms with Gasteiger partial charge in [0.05, 0.1) is 0 Å². The van der Waals surface area contributed by atoms with Crippen molar-refractivity contribution in [2.45, 2.75) is 51.2 Å². The number of hydrogen-bond acceptors (Lipinski definition) is 2. The first-order valence-electron chi connectivity index (χ1n) is 5.77. The molecule has 0 N–H and O–H groups in total. The van der Waals surface area contributed by atoms with Gasteiger partial charge in [0.15, 0.2) is 11.9 Å². The molecule has 1 saturated heterocycles. The molecule has 0 spiro atoms. The summed E-state index contributed by atoms with van der Waals surface area (Å²) in [6, 6.07) is 0. The number of rotatable bonds is 1. The van der Waals surface area contributed by atoms with Crippen molar-refractivity contribution in [3.8, 4) is 0 Å². The van der Waals surface area contributed by atoms with E-state index in [1.807, 2.05) is 0 Å². The predicted molar refractivity (Wildman–Crippen MR) is 52.9 cm³/mol. The van der Waals surface area contributed by atoms with Gasteiger partial charge in [-0.25, -0.2) is 0 Å². The third-order valence-electron chi connectivity index (χ3n) is 5.18. The van der Waals surface area contributed by atoms with Crippen molar-refractivity contribution in [1.82, 2.24) is 0 Å². The number of hydrogen-bond donors (Lipinski definition) is 0. The Morgan fingerprint density at radius 2 is 2.21 bits per heavy atom. The highest BCUT2D eigenvalue weighted by molar-refractivity contribution is 5.70. The van der Waals surface area contributed by atoms with Crippen molar-refractivity contribution >= 4 is 6.29 Å². The maximum atomic E-state index is 11.0. The Balaban J connectivity index is 1.96. The summed E-state index contributed by atoms with van der Waals surface area (Å²) in [4.78, 5) is 11.0. The SMILES string of the molecule is CC1CCCC2CC3(C=O)OC3C12C. The van der Waals surface area contributed by atoms with Crippen LogP contribution in [0.5, 0.6) is 0 Å². The average molecular weight is 194 g/mol. The molecular formula is C12H18O2. The van der Waals surface area contributed by atoms with E-state index in [4.69, 9.17) is 4.74 Å². The van der Waals surface area contributed by atoms with Gasteiger partial charge in [0, 0.05) is 5.41 Å². The lowest BCUT2D eigenvalue weighted by Gasteiger charge is -2.42. The van der Waals surface area contributed by atoms with Crippen LogP contribution in [0.2, 0.25) is 0 Å². The topological polar surface area (TPSA) is 29.6 Å². The monoisotopic (exact) mass is 194 g/mol. The van der Waals surface area contributed by atoms with E-state index >= 15 is 0 Å². The van der Waals surface area contributed by atoms with E-state index in [2.05, 4.69) is 13.8 Å². The van der Waals surface area contributed by atoms with Gasteiger partial charge in [0.1, 0.15) is 6.10 Å². The summed E-state index contributed by atoms with van der Waals surface area (Å²) >= 11 is 0. The van der Waals surface area contributed by atoms with Gasteiger partial charge in [-0.2, -0.15) is 0 Å². The molecule has 0 aromatic rings. The first-order chi connectivity index (χ1) is 6.63. The molecule has 2 aliphatic carbocycles. The van der Waals surface area contributed by atoms with Crippen LogP contribution in [0.1, 0.15) is 39.5 Å². The lowest BCUT2D eigenvalue weighted by atomic mass is 9.63. The molecule has 1 heterocycles. The predicted octanol–water partition coefficient (Wildman–Crippen LogP) is 2.17. The van der Waals surface area contributed by atoms with Crippen LogP contribution in [0.4, 0.5) is 0 Å². The third kappa shape index (κ3) is 0.796. The second-order valence-electron chi connectivity index (χ2n) is 5.67. The van der Waals surface area contributed by atoms with Crippen LogP contribution in [-0.4, -0.2) is 18.0 Å². The molecule has 0 amide bonds. The zero-order valence-corrected chi connectivity index (χ0v) is 8.95. The molecule has 3 rings (SSSR count). The van der Waals surface area contributed by atoms with Crippen molar-refractivity contribution < 1.29 is 9.53 Å². The lowest BCUT2D eigenvalue weighted by Crippen LogP contribution is -2.38. The van der Waals surface area contributed by atoms with Crippen LogP contribution in [0.3, 0.4) is 0 Å². The van der Waals surface area contributed by atoms with Crippen LogP contribution in [-0.2, 0) is 9.53 Å². The first-order valence-corrected chi connectivity index (χ1v) is 5.77. The highest BCUT2D eigenvalue weighted by atomic mass is 16.6. The van der Waals surface area contributed by atoms with E-state index < -0.39 is 0 Å². The second-order valence-corrected chi connectivity index (χ2v) is 5.67. The Labute approximate surface area is 85.0 Å². The summed E-state index contributed by atoms with van der Waals surface area (Å²) in [7, 11) is 0. The minimum absolute atomic E-state index is 0.243. The summed E-state index contributed by atoms with van der Waals surface area (Å²) in [6.07, 6.45) is 6.24. The quantitative estimate of drug-likeness (QED) is 0.473.